The molecule has 4 heteroatoms. The van der Waals surface area contributed by atoms with Gasteiger partial charge in [0.1, 0.15) is 22.3 Å². The first-order chi connectivity index (χ1) is 23.3. The van der Waals surface area contributed by atoms with Crippen molar-refractivity contribution in [3.63, 3.8) is 0 Å². The van der Waals surface area contributed by atoms with E-state index in [0.717, 1.165) is 93.6 Å². The number of fused-ring (bicyclic) bond motifs is 10. The molecule has 3 aromatic heterocycles. The normalized spacial score (nSPS) is 11.8. The monoisotopic (exact) mass is 600 g/mol. The molecule has 0 radical (unpaired) electrons. The van der Waals surface area contributed by atoms with E-state index in [1.165, 1.54) is 0 Å². The van der Waals surface area contributed by atoms with E-state index in [2.05, 4.69) is 102 Å². The van der Waals surface area contributed by atoms with Crippen LogP contribution in [-0.4, -0.2) is 4.57 Å². The lowest BCUT2D eigenvalue weighted by molar-refractivity contribution is 0.670. The van der Waals surface area contributed by atoms with Gasteiger partial charge in [-0.2, -0.15) is 5.26 Å². The van der Waals surface area contributed by atoms with Crippen LogP contribution in [0.5, 0.6) is 0 Å². The fourth-order valence-electron chi connectivity index (χ4n) is 7.37. The molecular formula is C43H24N2O2. The van der Waals surface area contributed by atoms with Crippen molar-refractivity contribution in [2.45, 2.75) is 0 Å². The van der Waals surface area contributed by atoms with Crippen molar-refractivity contribution >= 4 is 65.7 Å². The molecule has 0 aliphatic heterocycles. The molecule has 0 amide bonds. The summed E-state index contributed by atoms with van der Waals surface area (Å²) in [6.45, 7) is 0. The third-order valence-electron chi connectivity index (χ3n) is 9.43. The standard InChI is InChI=1S/C43H24N2O2/c44-25-26-10-1-2-11-30(26)27-22-28(31-15-9-16-34-32-12-4-7-18-39(32)46-42(31)34)24-29(23-27)45-37-17-6-3-14-36(37)41-38(45)21-20-35-33-13-5-8-19-40(33)47-43(35)41/h1-24H. The maximum atomic E-state index is 10.1. The summed E-state index contributed by atoms with van der Waals surface area (Å²) >= 11 is 0. The van der Waals surface area contributed by atoms with Crippen LogP contribution in [0.25, 0.3) is 93.6 Å². The topological polar surface area (TPSA) is 55.0 Å². The molecule has 0 spiro atoms. The van der Waals surface area contributed by atoms with E-state index in [4.69, 9.17) is 8.83 Å². The molecule has 0 atom stereocenters. The Morgan fingerprint density at radius 1 is 0.468 bits per heavy atom. The van der Waals surface area contributed by atoms with Gasteiger partial charge in [-0.25, -0.2) is 0 Å². The average Bonchev–Trinajstić information content (AvgIpc) is 3.81. The van der Waals surface area contributed by atoms with Crippen LogP contribution in [0, 0.1) is 11.3 Å². The molecule has 0 saturated carbocycles. The van der Waals surface area contributed by atoms with E-state index in [1.54, 1.807) is 0 Å². The minimum absolute atomic E-state index is 0.628. The second-order valence-corrected chi connectivity index (χ2v) is 12.0. The first kappa shape index (κ1) is 25.7. The highest BCUT2D eigenvalue weighted by Gasteiger charge is 2.21. The van der Waals surface area contributed by atoms with Crippen molar-refractivity contribution < 1.29 is 8.83 Å². The number of hydrogen-bond acceptors (Lipinski definition) is 3. The highest BCUT2D eigenvalue weighted by Crippen LogP contribution is 2.43. The van der Waals surface area contributed by atoms with E-state index < -0.39 is 0 Å². The summed E-state index contributed by atoms with van der Waals surface area (Å²) in [7, 11) is 0. The number of nitriles is 1. The van der Waals surface area contributed by atoms with Gasteiger partial charge in [0.05, 0.1) is 28.1 Å². The van der Waals surface area contributed by atoms with Gasteiger partial charge in [0.15, 0.2) is 0 Å². The number of nitrogens with zero attached hydrogens (tertiary/aromatic N) is 2. The van der Waals surface area contributed by atoms with Gasteiger partial charge in [0, 0.05) is 38.2 Å². The van der Waals surface area contributed by atoms with Crippen molar-refractivity contribution in [1.82, 2.24) is 4.57 Å². The maximum Gasteiger partial charge on any atom is 0.145 e. The molecular weight excluding hydrogens is 576 g/mol. The van der Waals surface area contributed by atoms with E-state index in [1.807, 2.05) is 54.6 Å². The molecule has 0 unspecified atom stereocenters. The summed E-state index contributed by atoms with van der Waals surface area (Å²) in [5.41, 5.74) is 11.1. The van der Waals surface area contributed by atoms with Gasteiger partial charge in [-0.3, -0.25) is 0 Å². The molecule has 4 nitrogen and oxygen atoms in total. The summed E-state index contributed by atoms with van der Waals surface area (Å²) in [6, 6.07) is 52.4. The number of aromatic nitrogens is 1. The molecule has 0 saturated heterocycles. The van der Waals surface area contributed by atoms with E-state index >= 15 is 0 Å². The molecule has 0 bridgehead atoms. The van der Waals surface area contributed by atoms with Crippen molar-refractivity contribution in [2.75, 3.05) is 0 Å². The van der Waals surface area contributed by atoms with Crippen LogP contribution in [0.2, 0.25) is 0 Å². The maximum absolute atomic E-state index is 10.1. The first-order valence-corrected chi connectivity index (χ1v) is 15.7. The Labute approximate surface area is 268 Å². The van der Waals surface area contributed by atoms with Crippen LogP contribution in [-0.2, 0) is 0 Å². The van der Waals surface area contributed by atoms with Gasteiger partial charge in [0.2, 0.25) is 0 Å². The fraction of sp³-hybridized carbons (Fsp3) is 0. The Morgan fingerprint density at radius 3 is 1.85 bits per heavy atom. The lowest BCUT2D eigenvalue weighted by atomic mass is 9.94. The Morgan fingerprint density at radius 2 is 1.06 bits per heavy atom. The molecule has 0 aliphatic carbocycles. The zero-order valence-corrected chi connectivity index (χ0v) is 25.1. The van der Waals surface area contributed by atoms with Gasteiger partial charge in [0.25, 0.3) is 0 Å². The summed E-state index contributed by atoms with van der Waals surface area (Å²) in [5.74, 6) is 0. The second-order valence-electron chi connectivity index (χ2n) is 12.0. The van der Waals surface area contributed by atoms with Gasteiger partial charge in [-0.05, 0) is 71.3 Å². The smallest absolute Gasteiger partial charge is 0.145 e. The second kappa shape index (κ2) is 9.71. The van der Waals surface area contributed by atoms with Crippen molar-refractivity contribution in [3.05, 3.63) is 151 Å². The number of hydrogen-bond donors (Lipinski definition) is 0. The first-order valence-electron chi connectivity index (χ1n) is 15.7. The van der Waals surface area contributed by atoms with Crippen LogP contribution in [0.3, 0.4) is 0 Å². The summed E-state index contributed by atoms with van der Waals surface area (Å²) in [5, 5.41) is 16.7. The highest BCUT2D eigenvalue weighted by molar-refractivity contribution is 6.24. The summed E-state index contributed by atoms with van der Waals surface area (Å²) in [6.07, 6.45) is 0. The Kier molecular flexibility index (Phi) is 5.32. The van der Waals surface area contributed by atoms with Crippen LogP contribution in [0.15, 0.2) is 154 Å². The molecule has 3 heterocycles. The van der Waals surface area contributed by atoms with Crippen LogP contribution < -0.4 is 0 Å². The Bertz CT molecular complexity index is 2930. The lowest BCUT2D eigenvalue weighted by Gasteiger charge is -2.15. The van der Waals surface area contributed by atoms with E-state index in [9.17, 15) is 5.26 Å². The third-order valence-corrected chi connectivity index (χ3v) is 9.43. The van der Waals surface area contributed by atoms with Crippen molar-refractivity contribution in [3.8, 4) is 34.0 Å². The third kappa shape index (κ3) is 3.69. The number of benzene rings is 7. The van der Waals surface area contributed by atoms with Gasteiger partial charge < -0.3 is 13.4 Å². The molecule has 0 aliphatic rings. The summed E-state index contributed by atoms with van der Waals surface area (Å²) < 4.78 is 15.4. The predicted octanol–water partition coefficient (Wildman–Crippen LogP) is 11.8. The zero-order chi connectivity index (χ0) is 31.1. The molecule has 10 rings (SSSR count). The minimum atomic E-state index is 0.628. The molecule has 0 N–H and O–H groups in total. The van der Waals surface area contributed by atoms with Crippen LogP contribution >= 0.6 is 0 Å². The molecule has 218 valence electrons. The van der Waals surface area contributed by atoms with Crippen molar-refractivity contribution in [1.29, 1.82) is 5.26 Å². The number of furan rings is 2. The number of rotatable bonds is 3. The van der Waals surface area contributed by atoms with E-state index in [0.29, 0.717) is 5.56 Å². The van der Waals surface area contributed by atoms with Gasteiger partial charge in [-0.1, -0.05) is 91.0 Å². The molecule has 7 aromatic carbocycles. The van der Waals surface area contributed by atoms with Gasteiger partial charge in [-0.15, -0.1) is 0 Å². The SMILES string of the molecule is N#Cc1ccccc1-c1cc(-c2cccc3c2oc2ccccc23)cc(-n2c3ccccc3c3c4oc5ccccc5c4ccc32)c1. The predicted molar refractivity (Wildman–Crippen MR) is 191 cm³/mol. The van der Waals surface area contributed by atoms with Crippen molar-refractivity contribution in [2.24, 2.45) is 0 Å². The van der Waals surface area contributed by atoms with Crippen LogP contribution in [0.4, 0.5) is 0 Å². The number of para-hydroxylation sites is 4. The fourth-order valence-corrected chi connectivity index (χ4v) is 7.37. The molecule has 47 heavy (non-hydrogen) atoms. The highest BCUT2D eigenvalue weighted by atomic mass is 16.3. The Hall–Kier alpha value is -6.57. The zero-order valence-electron chi connectivity index (χ0n) is 25.1. The largest absolute Gasteiger partial charge is 0.455 e. The van der Waals surface area contributed by atoms with Crippen LogP contribution in [0.1, 0.15) is 5.56 Å². The van der Waals surface area contributed by atoms with E-state index in [-0.39, 0.29) is 0 Å². The average molecular weight is 601 g/mol. The Balaban J connectivity index is 1.32. The molecule has 10 aromatic rings. The van der Waals surface area contributed by atoms with Gasteiger partial charge >= 0.3 is 0 Å². The minimum Gasteiger partial charge on any atom is -0.455 e. The summed E-state index contributed by atoms with van der Waals surface area (Å²) in [4.78, 5) is 0. The molecule has 0 fully saturated rings. The lowest BCUT2D eigenvalue weighted by Crippen LogP contribution is -1.96. The quantitative estimate of drug-likeness (QED) is 0.203.